The van der Waals surface area contributed by atoms with Gasteiger partial charge in [0.2, 0.25) is 0 Å². The SMILES string of the molecule is CC1c2cc(C=C3C(=O)N(C)C(=O)N(C)C3=O)[se]c2N2c3ccccc3Cc3cccc1c32. The van der Waals surface area contributed by atoms with Crippen LogP contribution in [-0.2, 0) is 16.0 Å². The van der Waals surface area contributed by atoms with Gasteiger partial charge in [0.25, 0.3) is 0 Å². The van der Waals surface area contributed by atoms with Crippen molar-refractivity contribution >= 4 is 54.4 Å². The van der Waals surface area contributed by atoms with Gasteiger partial charge in [-0.3, -0.25) is 0 Å². The molecule has 1 atom stereocenters. The van der Waals surface area contributed by atoms with Crippen molar-refractivity contribution in [2.75, 3.05) is 19.0 Å². The molecule has 1 saturated heterocycles. The molecule has 6 nitrogen and oxygen atoms in total. The summed E-state index contributed by atoms with van der Waals surface area (Å²) in [6.45, 7) is 2.22. The van der Waals surface area contributed by atoms with Crippen LogP contribution >= 0.6 is 0 Å². The molecule has 7 heteroatoms. The van der Waals surface area contributed by atoms with E-state index in [0.717, 1.165) is 20.7 Å². The third kappa shape index (κ3) is 2.76. The number of barbiturate groups is 1. The third-order valence-electron chi connectivity index (χ3n) is 6.81. The number of hydrogen-bond donors (Lipinski definition) is 0. The van der Waals surface area contributed by atoms with Crippen molar-refractivity contribution in [3.8, 4) is 0 Å². The Morgan fingerprint density at radius 2 is 1.61 bits per heavy atom. The molecule has 0 N–H and O–H groups in total. The predicted molar refractivity (Wildman–Crippen MR) is 127 cm³/mol. The molecule has 0 radical (unpaired) electrons. The average molecular weight is 502 g/mol. The Labute approximate surface area is 197 Å². The first kappa shape index (κ1) is 20.2. The molecule has 0 spiro atoms. The number of nitrogens with zero attached hydrogens (tertiary/aromatic N) is 3. The number of carbonyl (C=O) groups excluding carboxylic acids is 3. The minimum atomic E-state index is -0.605. The Morgan fingerprint density at radius 1 is 0.909 bits per heavy atom. The number of carbonyl (C=O) groups is 3. The van der Waals surface area contributed by atoms with Crippen molar-refractivity contribution in [1.29, 1.82) is 0 Å². The van der Waals surface area contributed by atoms with Gasteiger partial charge >= 0.3 is 198 Å². The molecule has 3 aromatic rings. The van der Waals surface area contributed by atoms with E-state index in [2.05, 4.69) is 60.4 Å². The predicted octanol–water partition coefficient (Wildman–Crippen LogP) is 4.02. The van der Waals surface area contributed by atoms with Gasteiger partial charge in [-0.15, -0.1) is 0 Å². The summed E-state index contributed by atoms with van der Waals surface area (Å²) in [6, 6.07) is 16.6. The number of likely N-dealkylation sites (N-methyl/N-ethyl adjacent to an activating group) is 2. The fraction of sp³-hybridized carbons (Fsp3) is 0.192. The number of amides is 4. The maximum absolute atomic E-state index is 12.7. The van der Waals surface area contributed by atoms with Crippen LogP contribution < -0.4 is 4.90 Å². The molecular formula is C26H21N3O3Se. The van der Waals surface area contributed by atoms with E-state index in [4.69, 9.17) is 0 Å². The zero-order valence-corrected chi connectivity index (χ0v) is 20.2. The van der Waals surface area contributed by atoms with E-state index in [1.807, 2.05) is 0 Å². The summed E-state index contributed by atoms with van der Waals surface area (Å²) in [6.07, 6.45) is 2.61. The average Bonchev–Trinajstić information content (AvgIpc) is 3.25. The van der Waals surface area contributed by atoms with Crippen LogP contribution in [-0.4, -0.2) is 56.2 Å². The van der Waals surface area contributed by atoms with Crippen LogP contribution in [0.4, 0.5) is 20.7 Å². The zero-order valence-electron chi connectivity index (χ0n) is 18.5. The molecule has 3 aliphatic rings. The van der Waals surface area contributed by atoms with Crippen LogP contribution in [0.1, 0.15) is 39.5 Å². The van der Waals surface area contributed by atoms with Gasteiger partial charge in [0.15, 0.2) is 0 Å². The second kappa shape index (κ2) is 7.04. The molecule has 0 saturated carbocycles. The van der Waals surface area contributed by atoms with E-state index >= 15 is 0 Å². The molecule has 2 aromatic carbocycles. The molecule has 0 aliphatic carbocycles. The van der Waals surface area contributed by atoms with Gasteiger partial charge in [-0.05, 0) is 0 Å². The standard InChI is InChI=1S/C26H21N3O3Se/c1-14-18-9-6-8-16-11-15-7-4-5-10-21(15)29(22(16)18)25-19(14)12-17(33-25)13-20-23(30)27(2)26(32)28(3)24(20)31/h4-10,12-14H,11H2,1-3H3. The zero-order chi connectivity index (χ0) is 23.0. The van der Waals surface area contributed by atoms with E-state index in [0.29, 0.717) is 0 Å². The fourth-order valence-electron chi connectivity index (χ4n) is 5.05. The van der Waals surface area contributed by atoms with Gasteiger partial charge in [-0.25, -0.2) is 0 Å². The van der Waals surface area contributed by atoms with Crippen LogP contribution in [0.25, 0.3) is 6.08 Å². The second-order valence-electron chi connectivity index (χ2n) is 8.70. The van der Waals surface area contributed by atoms with E-state index < -0.39 is 17.8 Å². The van der Waals surface area contributed by atoms with Crippen LogP contribution in [0.3, 0.4) is 0 Å². The van der Waals surface area contributed by atoms with Crippen molar-refractivity contribution in [1.82, 2.24) is 9.80 Å². The van der Waals surface area contributed by atoms with Gasteiger partial charge in [-0.1, -0.05) is 0 Å². The summed E-state index contributed by atoms with van der Waals surface area (Å²) in [5.41, 5.74) is 7.68. The molecule has 1 unspecified atom stereocenters. The Balaban J connectivity index is 1.52. The molecule has 4 heterocycles. The van der Waals surface area contributed by atoms with E-state index in [1.54, 1.807) is 6.08 Å². The normalized spacial score (nSPS) is 18.9. The Hall–Kier alpha value is -3.41. The van der Waals surface area contributed by atoms with Crippen molar-refractivity contribution in [2.24, 2.45) is 0 Å². The minimum absolute atomic E-state index is 0.0393. The van der Waals surface area contributed by atoms with Gasteiger partial charge in [0.1, 0.15) is 0 Å². The molecule has 164 valence electrons. The number of rotatable bonds is 1. The van der Waals surface area contributed by atoms with E-state index in [-0.39, 0.29) is 26.0 Å². The van der Waals surface area contributed by atoms with Gasteiger partial charge in [-0.2, -0.15) is 0 Å². The van der Waals surface area contributed by atoms with Crippen molar-refractivity contribution in [3.63, 3.8) is 0 Å². The summed E-state index contributed by atoms with van der Waals surface area (Å²) in [5.74, 6) is -0.878. The Kier molecular flexibility index (Phi) is 4.31. The molecule has 3 aliphatic heterocycles. The van der Waals surface area contributed by atoms with Crippen LogP contribution in [0.15, 0.2) is 54.1 Å². The van der Waals surface area contributed by atoms with E-state index in [1.165, 1.54) is 52.3 Å². The summed E-state index contributed by atoms with van der Waals surface area (Å²) >= 11 is -0.0923. The second-order valence-corrected chi connectivity index (χ2v) is 10.9. The topological polar surface area (TPSA) is 60.9 Å². The first-order valence-corrected chi connectivity index (χ1v) is 12.5. The number of hydrogen-bond acceptors (Lipinski definition) is 4. The van der Waals surface area contributed by atoms with Crippen LogP contribution in [0.2, 0.25) is 0 Å². The number of imide groups is 2. The molecule has 1 fully saturated rings. The number of para-hydroxylation sites is 2. The summed E-state index contributed by atoms with van der Waals surface area (Å²) in [7, 11) is 2.81. The third-order valence-corrected chi connectivity index (χ3v) is 9.09. The molecule has 0 bridgehead atoms. The molecule has 1 aromatic heterocycles. The Bertz CT molecular complexity index is 1390. The molecule has 6 rings (SSSR count). The van der Waals surface area contributed by atoms with Crippen molar-refractivity contribution in [2.45, 2.75) is 19.3 Å². The summed E-state index contributed by atoms with van der Waals surface area (Å²) < 4.78 is 2.21. The van der Waals surface area contributed by atoms with Crippen molar-refractivity contribution < 1.29 is 14.4 Å². The number of fused-ring (bicyclic) bond motifs is 4. The van der Waals surface area contributed by atoms with E-state index in [9.17, 15) is 14.4 Å². The van der Waals surface area contributed by atoms with Crippen LogP contribution in [0.5, 0.6) is 0 Å². The first-order valence-electron chi connectivity index (χ1n) is 10.8. The van der Waals surface area contributed by atoms with Gasteiger partial charge in [0, 0.05) is 0 Å². The van der Waals surface area contributed by atoms with Gasteiger partial charge < -0.3 is 0 Å². The first-order chi connectivity index (χ1) is 15.9. The van der Waals surface area contributed by atoms with Crippen molar-refractivity contribution in [3.05, 3.63) is 80.8 Å². The quantitative estimate of drug-likeness (QED) is 0.224. The monoisotopic (exact) mass is 503 g/mol. The fourth-order valence-corrected chi connectivity index (χ4v) is 7.61. The number of urea groups is 1. The summed E-state index contributed by atoms with van der Waals surface area (Å²) in [4.78, 5) is 41.9. The molecule has 33 heavy (non-hydrogen) atoms. The molecular weight excluding hydrogens is 481 g/mol. The number of anilines is 3. The summed E-state index contributed by atoms with van der Waals surface area (Å²) in [5, 5.41) is 0. The molecule has 4 amide bonds. The number of benzene rings is 2. The Morgan fingerprint density at radius 3 is 2.36 bits per heavy atom. The van der Waals surface area contributed by atoms with Gasteiger partial charge in [0.05, 0.1) is 0 Å². The van der Waals surface area contributed by atoms with Crippen LogP contribution in [0, 0.1) is 0 Å². The maximum atomic E-state index is 12.7.